The molecule has 0 bridgehead atoms. The summed E-state index contributed by atoms with van der Waals surface area (Å²) < 4.78 is 5.29. The van der Waals surface area contributed by atoms with E-state index < -0.39 is 12.4 Å². The Hall–Kier alpha value is -1.84. The van der Waals surface area contributed by atoms with Crippen molar-refractivity contribution >= 4 is 11.8 Å². The number of hydrogen-bond acceptors (Lipinski definition) is 3. The van der Waals surface area contributed by atoms with Gasteiger partial charge in [-0.15, -0.1) is 0 Å². The Morgan fingerprint density at radius 2 is 2.20 bits per heavy atom. The van der Waals surface area contributed by atoms with Gasteiger partial charge >= 0.3 is 5.97 Å². The molecule has 15 heavy (non-hydrogen) atoms. The van der Waals surface area contributed by atoms with Crippen LogP contribution in [0, 0.1) is 0 Å². The minimum Gasteiger partial charge on any atom is -0.493 e. The summed E-state index contributed by atoms with van der Waals surface area (Å²) in [5.74, 6) is -0.671. The Labute approximate surface area is 86.5 Å². The van der Waals surface area contributed by atoms with Gasteiger partial charge in [-0.3, -0.25) is 9.59 Å². The maximum atomic E-state index is 11.4. The molecule has 1 N–H and O–H groups in total. The molecule has 2 rings (SSSR count). The number of hydrogen-bond donors (Lipinski definition) is 1. The number of rotatable bonds is 3. The van der Waals surface area contributed by atoms with Gasteiger partial charge in [-0.25, -0.2) is 0 Å². The van der Waals surface area contributed by atoms with Gasteiger partial charge < -0.3 is 9.84 Å². The van der Waals surface area contributed by atoms with E-state index in [-0.39, 0.29) is 5.78 Å². The summed E-state index contributed by atoms with van der Waals surface area (Å²) in [5.41, 5.74) is 1.42. The summed E-state index contributed by atoms with van der Waals surface area (Å²) >= 11 is 0. The summed E-state index contributed by atoms with van der Waals surface area (Å²) in [6.07, 6.45) is 0.323. The van der Waals surface area contributed by atoms with Gasteiger partial charge in [0.05, 0.1) is 6.61 Å². The molecule has 0 aliphatic carbocycles. The molecule has 0 saturated carbocycles. The van der Waals surface area contributed by atoms with E-state index in [1.165, 1.54) is 0 Å². The summed E-state index contributed by atoms with van der Waals surface area (Å²) in [7, 11) is 0. The third-order valence-corrected chi connectivity index (χ3v) is 2.32. The van der Waals surface area contributed by atoms with Crippen LogP contribution in [-0.2, 0) is 11.2 Å². The van der Waals surface area contributed by atoms with Crippen LogP contribution in [0.5, 0.6) is 5.75 Å². The standard InChI is InChI=1S/C11H10O4/c12-9(6-11(13)14)7-1-2-10-8(5-7)3-4-15-10/h1-2,5H,3-4,6H2,(H,13,14). The van der Waals surface area contributed by atoms with Crippen LogP contribution in [0.4, 0.5) is 0 Å². The van der Waals surface area contributed by atoms with Gasteiger partial charge in [0.15, 0.2) is 5.78 Å². The van der Waals surface area contributed by atoms with Gasteiger partial charge in [0.25, 0.3) is 0 Å². The normalized spacial score (nSPS) is 13.1. The SMILES string of the molecule is O=C(O)CC(=O)c1ccc2c(c1)CCO2. The molecule has 1 aliphatic heterocycles. The lowest BCUT2D eigenvalue weighted by molar-refractivity contribution is -0.135. The van der Waals surface area contributed by atoms with Crippen molar-refractivity contribution in [1.82, 2.24) is 0 Å². The predicted octanol–water partition coefficient (Wildman–Crippen LogP) is 1.28. The Morgan fingerprint density at radius 1 is 1.40 bits per heavy atom. The topological polar surface area (TPSA) is 63.6 Å². The lowest BCUT2D eigenvalue weighted by Crippen LogP contribution is -2.07. The van der Waals surface area contributed by atoms with Gasteiger partial charge in [-0.1, -0.05) is 0 Å². The Kier molecular flexibility index (Phi) is 2.41. The molecule has 1 heterocycles. The van der Waals surface area contributed by atoms with E-state index in [4.69, 9.17) is 9.84 Å². The molecule has 0 aromatic heterocycles. The number of ketones is 1. The third-order valence-electron chi connectivity index (χ3n) is 2.32. The van der Waals surface area contributed by atoms with Gasteiger partial charge in [-0.05, 0) is 23.8 Å². The smallest absolute Gasteiger partial charge is 0.311 e. The first-order chi connectivity index (χ1) is 7.16. The summed E-state index contributed by atoms with van der Waals surface area (Å²) in [5, 5.41) is 8.49. The molecular weight excluding hydrogens is 196 g/mol. The fraction of sp³-hybridized carbons (Fsp3) is 0.273. The number of aliphatic carboxylic acids is 1. The second-order valence-corrected chi connectivity index (χ2v) is 3.41. The highest BCUT2D eigenvalue weighted by atomic mass is 16.5. The molecule has 0 spiro atoms. The van der Waals surface area contributed by atoms with Crippen molar-refractivity contribution < 1.29 is 19.4 Å². The van der Waals surface area contributed by atoms with Crippen LogP contribution in [0.2, 0.25) is 0 Å². The molecule has 1 aromatic carbocycles. The molecule has 78 valence electrons. The van der Waals surface area contributed by atoms with Crippen molar-refractivity contribution in [2.24, 2.45) is 0 Å². The molecule has 0 radical (unpaired) electrons. The minimum absolute atomic E-state index is 0.364. The van der Waals surface area contributed by atoms with Crippen LogP contribution in [-0.4, -0.2) is 23.5 Å². The molecule has 1 aromatic rings. The molecule has 0 unspecified atom stereocenters. The highest BCUT2D eigenvalue weighted by Gasteiger charge is 2.16. The predicted molar refractivity (Wildman–Crippen MR) is 52.2 cm³/mol. The van der Waals surface area contributed by atoms with Crippen molar-refractivity contribution in [3.05, 3.63) is 29.3 Å². The quantitative estimate of drug-likeness (QED) is 0.597. The zero-order valence-electron chi connectivity index (χ0n) is 8.03. The second kappa shape index (κ2) is 3.73. The first-order valence-corrected chi connectivity index (χ1v) is 4.67. The lowest BCUT2D eigenvalue weighted by Gasteiger charge is -2.01. The van der Waals surface area contributed by atoms with Crippen molar-refractivity contribution in [3.8, 4) is 5.75 Å². The number of benzene rings is 1. The fourth-order valence-corrected chi connectivity index (χ4v) is 1.60. The van der Waals surface area contributed by atoms with E-state index in [9.17, 15) is 9.59 Å². The Morgan fingerprint density at radius 3 is 2.93 bits per heavy atom. The van der Waals surface area contributed by atoms with E-state index in [2.05, 4.69) is 0 Å². The van der Waals surface area contributed by atoms with Crippen LogP contribution in [0.25, 0.3) is 0 Å². The van der Waals surface area contributed by atoms with Crippen molar-refractivity contribution in [2.75, 3.05) is 6.61 Å². The van der Waals surface area contributed by atoms with Crippen LogP contribution < -0.4 is 4.74 Å². The highest BCUT2D eigenvalue weighted by molar-refractivity contribution is 6.05. The Balaban J connectivity index is 2.23. The van der Waals surface area contributed by atoms with Crippen molar-refractivity contribution in [2.45, 2.75) is 12.8 Å². The zero-order valence-corrected chi connectivity index (χ0v) is 8.03. The molecule has 0 amide bonds. The number of carboxylic acid groups (broad SMARTS) is 1. The molecule has 0 fully saturated rings. The van der Waals surface area contributed by atoms with Crippen LogP contribution in [0.3, 0.4) is 0 Å². The van der Waals surface area contributed by atoms with E-state index in [1.807, 2.05) is 0 Å². The monoisotopic (exact) mass is 206 g/mol. The highest BCUT2D eigenvalue weighted by Crippen LogP contribution is 2.26. The number of carbonyl (C=O) groups excluding carboxylic acids is 1. The second-order valence-electron chi connectivity index (χ2n) is 3.41. The summed E-state index contributed by atoms with van der Waals surface area (Å²) in [6.45, 7) is 0.631. The Bertz CT molecular complexity index is 423. The third kappa shape index (κ3) is 1.98. The van der Waals surface area contributed by atoms with Crippen LogP contribution in [0.1, 0.15) is 22.3 Å². The van der Waals surface area contributed by atoms with Crippen LogP contribution in [0.15, 0.2) is 18.2 Å². The molecule has 1 aliphatic rings. The molecule has 4 nitrogen and oxygen atoms in total. The van der Waals surface area contributed by atoms with E-state index in [0.29, 0.717) is 12.2 Å². The number of carboxylic acids is 1. The number of Topliss-reactive ketones (excluding diaryl/α,β-unsaturated/α-hetero) is 1. The molecule has 0 saturated heterocycles. The first-order valence-electron chi connectivity index (χ1n) is 4.67. The number of fused-ring (bicyclic) bond motifs is 1. The summed E-state index contributed by atoms with van der Waals surface area (Å²) in [6, 6.07) is 5.04. The van der Waals surface area contributed by atoms with Gasteiger partial charge in [0, 0.05) is 12.0 Å². The number of ether oxygens (including phenoxy) is 1. The largest absolute Gasteiger partial charge is 0.493 e. The number of carbonyl (C=O) groups is 2. The van der Waals surface area contributed by atoms with Crippen LogP contribution >= 0.6 is 0 Å². The molecule has 0 atom stereocenters. The summed E-state index contributed by atoms with van der Waals surface area (Å²) in [4.78, 5) is 21.8. The lowest BCUT2D eigenvalue weighted by atomic mass is 10.0. The molecule has 4 heteroatoms. The van der Waals surface area contributed by atoms with E-state index in [0.717, 1.165) is 17.7 Å². The average Bonchev–Trinajstić information content (AvgIpc) is 2.62. The zero-order chi connectivity index (χ0) is 10.8. The first kappa shape index (κ1) is 9.71. The van der Waals surface area contributed by atoms with Crippen molar-refractivity contribution in [3.63, 3.8) is 0 Å². The van der Waals surface area contributed by atoms with Gasteiger partial charge in [0.2, 0.25) is 0 Å². The fourth-order valence-electron chi connectivity index (χ4n) is 1.60. The minimum atomic E-state index is -1.10. The van der Waals surface area contributed by atoms with Crippen molar-refractivity contribution in [1.29, 1.82) is 0 Å². The van der Waals surface area contributed by atoms with E-state index >= 15 is 0 Å². The van der Waals surface area contributed by atoms with Gasteiger partial charge in [-0.2, -0.15) is 0 Å². The average molecular weight is 206 g/mol. The molecular formula is C11H10O4. The van der Waals surface area contributed by atoms with Gasteiger partial charge in [0.1, 0.15) is 12.2 Å². The maximum Gasteiger partial charge on any atom is 0.311 e. The van der Waals surface area contributed by atoms with E-state index in [1.54, 1.807) is 18.2 Å². The maximum absolute atomic E-state index is 11.4.